The van der Waals surface area contributed by atoms with Gasteiger partial charge in [-0.1, -0.05) is 110 Å². The molecule has 12 heteroatoms. The molecule has 0 aliphatic carbocycles. The summed E-state index contributed by atoms with van der Waals surface area (Å²) in [5.74, 6) is -0.674. The van der Waals surface area contributed by atoms with Gasteiger partial charge in [0.05, 0.1) is 24.9 Å². The Morgan fingerprint density at radius 2 is 1.42 bits per heavy atom. The maximum Gasteiger partial charge on any atom is 0.347 e. The first kappa shape index (κ1) is 45.9. The minimum absolute atomic E-state index is 0.0603. The Hall–Kier alpha value is -5.30. The monoisotopic (exact) mass is 759 g/mol. The smallest absolute Gasteiger partial charge is 0.347 e. The lowest BCUT2D eigenvalue weighted by molar-refractivity contribution is -0.152. The van der Waals surface area contributed by atoms with Crippen LogP contribution in [-0.4, -0.2) is 76.1 Å². The van der Waals surface area contributed by atoms with Crippen LogP contribution in [0.15, 0.2) is 114 Å². The van der Waals surface area contributed by atoms with Crippen molar-refractivity contribution in [3.63, 3.8) is 0 Å². The average Bonchev–Trinajstić information content (AvgIpc) is 3.48. The Balaban J connectivity index is 0.000000388. The molecule has 0 saturated carbocycles. The van der Waals surface area contributed by atoms with Crippen LogP contribution in [0.3, 0.4) is 0 Å². The molecule has 0 spiro atoms. The molecule has 0 amide bonds. The highest BCUT2D eigenvalue weighted by Gasteiger charge is 2.29. The van der Waals surface area contributed by atoms with Gasteiger partial charge < -0.3 is 30.3 Å². The molecular formula is C43H57N3O9. The molecule has 298 valence electrons. The second kappa shape index (κ2) is 24.9. The molecule has 12 nitrogen and oxygen atoms in total. The highest BCUT2D eigenvalue weighted by atomic mass is 16.5. The Morgan fingerprint density at radius 3 is 2.04 bits per heavy atom. The lowest BCUT2D eigenvalue weighted by atomic mass is 10.1. The van der Waals surface area contributed by atoms with E-state index in [0.29, 0.717) is 50.2 Å². The van der Waals surface area contributed by atoms with Crippen LogP contribution in [0.25, 0.3) is 0 Å². The molecule has 3 rings (SSSR count). The predicted octanol–water partition coefficient (Wildman–Crippen LogP) is 6.25. The number of carbonyl (C=O) groups is 2. The molecule has 0 fully saturated rings. The first-order chi connectivity index (χ1) is 26.2. The van der Waals surface area contributed by atoms with Gasteiger partial charge in [-0.3, -0.25) is 9.78 Å². The van der Waals surface area contributed by atoms with E-state index in [2.05, 4.69) is 10.1 Å². The van der Waals surface area contributed by atoms with Crippen molar-refractivity contribution < 1.29 is 39.9 Å². The second-order valence-electron chi connectivity index (χ2n) is 13.5. The van der Waals surface area contributed by atoms with E-state index in [9.17, 15) is 29.7 Å². The Kier molecular flexibility index (Phi) is 20.8. The molecule has 0 bridgehead atoms. The van der Waals surface area contributed by atoms with Gasteiger partial charge in [-0.15, -0.1) is 0 Å². The van der Waals surface area contributed by atoms with Gasteiger partial charge in [-0.25, -0.2) is 14.3 Å². The molecule has 6 N–H and O–H groups in total. The number of hydrogen-bond donors (Lipinski definition) is 6. The number of carboxylic acid groups (broad SMARTS) is 2. The molecule has 1 heterocycles. The maximum absolute atomic E-state index is 12.1. The van der Waals surface area contributed by atoms with Crippen LogP contribution in [0.5, 0.6) is 5.75 Å². The lowest BCUT2D eigenvalue weighted by Gasteiger charge is -2.21. The summed E-state index contributed by atoms with van der Waals surface area (Å²) in [6.07, 6.45) is 19.9. The minimum Gasteiger partial charge on any atom is -0.481 e. The van der Waals surface area contributed by atoms with Crippen molar-refractivity contribution in [2.24, 2.45) is 0 Å². The van der Waals surface area contributed by atoms with Gasteiger partial charge >= 0.3 is 17.6 Å². The summed E-state index contributed by atoms with van der Waals surface area (Å²) in [6.45, 7) is 7.41. The van der Waals surface area contributed by atoms with E-state index in [1.54, 1.807) is 66.8 Å². The third-order valence-corrected chi connectivity index (χ3v) is 8.14. The Morgan fingerprint density at radius 1 is 0.818 bits per heavy atom. The number of H-pyrrole nitrogens is 1. The standard InChI is InChI=1S/C23H27N3O4.C20H30O5/c1-16-7-9-18(10-8-16)15-26-22(29)24-20(25-26)6-4-5-17-11-13-19(14-12-17)30-23(2,3)21(27)28;1-2-17(21)11-8-5-9-14-18(22)12-6-3-4-7-13-19(23)15-10-16-20(24)25/h7-14H,4-6,15H2,1-3H3,(H,27,28)(H,24,25,29);3-9,11-13,17-19,21-23H,2,10,14-16H2,1H3,(H,24,25)/b;4-3+,9-5-,11-8+,12-6+,13-7-/t;17-,18+,19-/m.1/s1. The van der Waals surface area contributed by atoms with Crippen molar-refractivity contribution in [3.05, 3.63) is 142 Å². The molecule has 1 aromatic heterocycles. The highest BCUT2D eigenvalue weighted by molar-refractivity contribution is 5.76. The first-order valence-electron chi connectivity index (χ1n) is 18.5. The number of allylic oxidation sites excluding steroid dienone is 6. The molecule has 0 unspecified atom stereocenters. The summed E-state index contributed by atoms with van der Waals surface area (Å²) >= 11 is 0. The normalized spacial score (nSPS) is 13.8. The van der Waals surface area contributed by atoms with Crippen LogP contribution in [0.2, 0.25) is 0 Å². The molecule has 0 saturated heterocycles. The van der Waals surface area contributed by atoms with Gasteiger partial charge in [-0.05, 0) is 82.6 Å². The lowest BCUT2D eigenvalue weighted by Crippen LogP contribution is -2.37. The van der Waals surface area contributed by atoms with Crippen molar-refractivity contribution in [1.29, 1.82) is 0 Å². The van der Waals surface area contributed by atoms with Gasteiger partial charge in [0, 0.05) is 12.8 Å². The molecule has 0 aliphatic heterocycles. The number of nitrogens with zero attached hydrogens (tertiary/aromatic N) is 2. The number of aryl methyl sites for hydroxylation is 3. The highest BCUT2D eigenvalue weighted by Crippen LogP contribution is 2.20. The predicted molar refractivity (Wildman–Crippen MR) is 214 cm³/mol. The summed E-state index contributed by atoms with van der Waals surface area (Å²) in [5.41, 5.74) is 1.85. The molecule has 0 radical (unpaired) electrons. The zero-order valence-electron chi connectivity index (χ0n) is 32.3. The summed E-state index contributed by atoms with van der Waals surface area (Å²) in [5, 5.41) is 50.7. The second-order valence-corrected chi connectivity index (χ2v) is 13.5. The van der Waals surface area contributed by atoms with E-state index >= 15 is 0 Å². The van der Waals surface area contributed by atoms with Crippen LogP contribution in [0.1, 0.15) is 81.8 Å². The van der Waals surface area contributed by atoms with Gasteiger partial charge in [0.25, 0.3) is 0 Å². The summed E-state index contributed by atoms with van der Waals surface area (Å²) in [7, 11) is 0. The van der Waals surface area contributed by atoms with Gasteiger partial charge in [0.1, 0.15) is 11.6 Å². The number of aliphatic carboxylic acids is 2. The van der Waals surface area contributed by atoms with Crippen LogP contribution in [0.4, 0.5) is 0 Å². The summed E-state index contributed by atoms with van der Waals surface area (Å²) < 4.78 is 6.97. The van der Waals surface area contributed by atoms with Crippen LogP contribution < -0.4 is 10.4 Å². The van der Waals surface area contributed by atoms with E-state index < -0.39 is 35.9 Å². The molecule has 0 aliphatic rings. The van der Waals surface area contributed by atoms with Gasteiger partial charge in [0.15, 0.2) is 5.60 Å². The van der Waals surface area contributed by atoms with Crippen molar-refractivity contribution in [2.75, 3.05) is 0 Å². The molecule has 2 aromatic carbocycles. The Bertz CT molecular complexity index is 1780. The SMILES string of the molecule is CC[C@@H](O)/C=C/C=C\C[C@@H](O)/C=C/C=C/C=C\[C@@H](O)CCCC(=O)O.Cc1ccc(Cn2nc(CCCc3ccc(OC(C)(C)C(=O)O)cc3)[nH]c2=O)cc1. The summed E-state index contributed by atoms with van der Waals surface area (Å²) in [6, 6.07) is 15.4. The number of rotatable bonds is 22. The van der Waals surface area contributed by atoms with Crippen molar-refractivity contribution in [3.8, 4) is 5.75 Å². The van der Waals surface area contributed by atoms with Crippen LogP contribution in [-0.2, 0) is 29.0 Å². The van der Waals surface area contributed by atoms with E-state index in [1.165, 1.54) is 24.1 Å². The molecule has 3 atom stereocenters. The van der Waals surface area contributed by atoms with Crippen molar-refractivity contribution in [2.45, 2.75) is 110 Å². The number of aromatic nitrogens is 3. The van der Waals surface area contributed by atoms with E-state index in [-0.39, 0.29) is 12.1 Å². The number of benzene rings is 2. The largest absolute Gasteiger partial charge is 0.481 e. The van der Waals surface area contributed by atoms with Crippen molar-refractivity contribution >= 4 is 11.9 Å². The van der Waals surface area contributed by atoms with Crippen LogP contribution in [0, 0.1) is 6.92 Å². The van der Waals surface area contributed by atoms with E-state index in [1.807, 2.05) is 56.3 Å². The molecule has 55 heavy (non-hydrogen) atoms. The third-order valence-electron chi connectivity index (χ3n) is 8.14. The van der Waals surface area contributed by atoms with Crippen LogP contribution >= 0.6 is 0 Å². The minimum atomic E-state index is -1.27. The van der Waals surface area contributed by atoms with E-state index in [0.717, 1.165) is 24.0 Å². The maximum atomic E-state index is 12.1. The fraction of sp³-hybridized carbons (Fsp3) is 0.395. The zero-order valence-corrected chi connectivity index (χ0v) is 32.3. The number of aliphatic hydroxyl groups excluding tert-OH is 3. The van der Waals surface area contributed by atoms with Gasteiger partial charge in [0.2, 0.25) is 0 Å². The number of ether oxygens (including phenoxy) is 1. The first-order valence-corrected chi connectivity index (χ1v) is 18.5. The van der Waals surface area contributed by atoms with E-state index in [4.69, 9.17) is 14.9 Å². The number of aliphatic hydroxyl groups is 3. The van der Waals surface area contributed by atoms with Gasteiger partial charge in [-0.2, -0.15) is 5.10 Å². The third kappa shape index (κ3) is 20.1. The zero-order chi connectivity index (χ0) is 40.6. The number of aromatic amines is 1. The quantitative estimate of drug-likeness (QED) is 0.0638. The average molecular weight is 760 g/mol. The molecular weight excluding hydrogens is 702 g/mol. The number of nitrogens with one attached hydrogen (secondary N) is 1. The number of hydrogen-bond acceptors (Lipinski definition) is 8. The fourth-order valence-corrected chi connectivity index (χ4v) is 4.79. The molecule has 3 aromatic rings. The summed E-state index contributed by atoms with van der Waals surface area (Å²) in [4.78, 5) is 36.5. The fourth-order valence-electron chi connectivity index (χ4n) is 4.79. The van der Waals surface area contributed by atoms with Crippen molar-refractivity contribution in [1.82, 2.24) is 14.8 Å². The Labute approximate surface area is 323 Å². The topological polar surface area (TPSA) is 195 Å². The number of carboxylic acids is 2.